The topological polar surface area (TPSA) is 92.7 Å². The Labute approximate surface area is 117 Å². The Hall–Kier alpha value is -1.44. The lowest BCUT2D eigenvalue weighted by Gasteiger charge is -2.35. The summed E-state index contributed by atoms with van der Waals surface area (Å²) in [5.74, 6) is -1.15. The molecule has 6 nitrogen and oxygen atoms in total. The SMILES string of the molecule is CCOC1CC(NS(=O)(=O)c2cccc(C(=O)O)c2)C1. The standard InChI is InChI=1S/C13H17NO5S/c1-2-19-11-7-10(8-11)14-20(17,18)12-5-3-4-9(6-12)13(15)16/h3-6,10-11,14H,2,7-8H2,1H3,(H,15,16). The van der Waals surface area contributed by atoms with Crippen LogP contribution in [0.4, 0.5) is 0 Å². The van der Waals surface area contributed by atoms with E-state index in [1.54, 1.807) is 0 Å². The fourth-order valence-corrected chi connectivity index (χ4v) is 3.42. The van der Waals surface area contributed by atoms with Gasteiger partial charge in [0.25, 0.3) is 0 Å². The van der Waals surface area contributed by atoms with E-state index in [1.165, 1.54) is 18.2 Å². The summed E-state index contributed by atoms with van der Waals surface area (Å²) in [7, 11) is -3.68. The lowest BCUT2D eigenvalue weighted by molar-refractivity contribution is -0.00476. The first-order valence-corrected chi connectivity index (χ1v) is 7.88. The molecule has 110 valence electrons. The smallest absolute Gasteiger partial charge is 0.335 e. The van der Waals surface area contributed by atoms with Gasteiger partial charge in [-0.25, -0.2) is 17.9 Å². The molecule has 1 aromatic carbocycles. The first-order valence-electron chi connectivity index (χ1n) is 6.39. The van der Waals surface area contributed by atoms with Crippen LogP contribution in [0.1, 0.15) is 30.1 Å². The van der Waals surface area contributed by atoms with Crippen molar-refractivity contribution >= 4 is 16.0 Å². The molecule has 0 aromatic heterocycles. The van der Waals surface area contributed by atoms with Crippen LogP contribution in [0, 0.1) is 0 Å². The lowest BCUT2D eigenvalue weighted by atomic mass is 9.90. The minimum atomic E-state index is -3.68. The number of carbonyl (C=O) groups is 1. The number of carboxylic acids is 1. The van der Waals surface area contributed by atoms with Crippen LogP contribution in [0.25, 0.3) is 0 Å². The van der Waals surface area contributed by atoms with Gasteiger partial charge in [-0.05, 0) is 38.0 Å². The van der Waals surface area contributed by atoms with Gasteiger partial charge in [0.05, 0.1) is 16.6 Å². The summed E-state index contributed by atoms with van der Waals surface area (Å²) >= 11 is 0. The Bertz CT molecular complexity index is 593. The number of ether oxygens (including phenoxy) is 1. The molecule has 0 heterocycles. The van der Waals surface area contributed by atoms with Gasteiger partial charge in [-0.2, -0.15) is 0 Å². The van der Waals surface area contributed by atoms with Gasteiger partial charge in [-0.15, -0.1) is 0 Å². The summed E-state index contributed by atoms with van der Waals surface area (Å²) in [5.41, 5.74) is -0.0475. The number of sulfonamides is 1. The number of rotatable bonds is 6. The van der Waals surface area contributed by atoms with Gasteiger partial charge >= 0.3 is 5.97 Å². The van der Waals surface area contributed by atoms with Crippen molar-refractivity contribution < 1.29 is 23.1 Å². The Morgan fingerprint density at radius 1 is 1.45 bits per heavy atom. The molecule has 1 saturated carbocycles. The van der Waals surface area contributed by atoms with E-state index >= 15 is 0 Å². The summed E-state index contributed by atoms with van der Waals surface area (Å²) in [6, 6.07) is 5.17. The van der Waals surface area contributed by atoms with Gasteiger partial charge in [0.15, 0.2) is 0 Å². The summed E-state index contributed by atoms with van der Waals surface area (Å²) in [4.78, 5) is 10.8. The van der Waals surface area contributed by atoms with Crippen molar-refractivity contribution in [2.75, 3.05) is 6.61 Å². The minimum Gasteiger partial charge on any atom is -0.478 e. The molecule has 2 N–H and O–H groups in total. The molecular weight excluding hydrogens is 282 g/mol. The predicted octanol–water partition coefficient (Wildman–Crippen LogP) is 1.23. The van der Waals surface area contributed by atoms with Gasteiger partial charge in [0, 0.05) is 12.6 Å². The van der Waals surface area contributed by atoms with Crippen molar-refractivity contribution in [3.8, 4) is 0 Å². The highest BCUT2D eigenvalue weighted by atomic mass is 32.2. The van der Waals surface area contributed by atoms with E-state index in [-0.39, 0.29) is 22.6 Å². The summed E-state index contributed by atoms with van der Waals surface area (Å²) in [6.07, 6.45) is 1.40. The third-order valence-electron chi connectivity index (χ3n) is 3.21. The number of carboxylic acid groups (broad SMARTS) is 1. The monoisotopic (exact) mass is 299 g/mol. The Balaban J connectivity index is 2.04. The normalized spacial score (nSPS) is 22.2. The van der Waals surface area contributed by atoms with Crippen molar-refractivity contribution in [3.05, 3.63) is 29.8 Å². The van der Waals surface area contributed by atoms with Gasteiger partial charge in [-0.3, -0.25) is 0 Å². The Morgan fingerprint density at radius 2 is 2.15 bits per heavy atom. The van der Waals surface area contributed by atoms with Crippen LogP contribution < -0.4 is 4.72 Å². The molecule has 2 rings (SSSR count). The van der Waals surface area contributed by atoms with Gasteiger partial charge in [0.1, 0.15) is 0 Å². The molecule has 20 heavy (non-hydrogen) atoms. The van der Waals surface area contributed by atoms with Crippen molar-refractivity contribution in [2.24, 2.45) is 0 Å². The van der Waals surface area contributed by atoms with Crippen LogP contribution in [0.5, 0.6) is 0 Å². The van der Waals surface area contributed by atoms with E-state index in [1.807, 2.05) is 6.92 Å². The zero-order valence-corrected chi connectivity index (χ0v) is 11.9. The quantitative estimate of drug-likeness (QED) is 0.824. The summed E-state index contributed by atoms with van der Waals surface area (Å²) in [5, 5.41) is 8.88. The van der Waals surface area contributed by atoms with Gasteiger partial charge < -0.3 is 9.84 Å². The van der Waals surface area contributed by atoms with E-state index in [0.29, 0.717) is 19.4 Å². The molecule has 0 unspecified atom stereocenters. The highest BCUT2D eigenvalue weighted by Gasteiger charge is 2.33. The zero-order valence-electron chi connectivity index (χ0n) is 11.1. The van der Waals surface area contributed by atoms with Gasteiger partial charge in [-0.1, -0.05) is 6.07 Å². The van der Waals surface area contributed by atoms with Gasteiger partial charge in [0.2, 0.25) is 10.0 Å². The first-order chi connectivity index (χ1) is 9.42. The van der Waals surface area contributed by atoms with Crippen molar-refractivity contribution in [2.45, 2.75) is 36.8 Å². The van der Waals surface area contributed by atoms with E-state index < -0.39 is 16.0 Å². The number of aromatic carboxylic acids is 1. The number of nitrogens with one attached hydrogen (secondary N) is 1. The molecule has 0 aliphatic heterocycles. The third kappa shape index (κ3) is 3.36. The molecule has 1 aliphatic carbocycles. The number of hydrogen-bond donors (Lipinski definition) is 2. The molecule has 1 aliphatic rings. The van der Waals surface area contributed by atoms with E-state index in [0.717, 1.165) is 6.07 Å². The maximum absolute atomic E-state index is 12.1. The van der Waals surface area contributed by atoms with Crippen LogP contribution in [-0.4, -0.2) is 38.2 Å². The minimum absolute atomic E-state index is 0.0303. The fraction of sp³-hybridized carbons (Fsp3) is 0.462. The van der Waals surface area contributed by atoms with Crippen molar-refractivity contribution in [3.63, 3.8) is 0 Å². The van der Waals surface area contributed by atoms with E-state index in [9.17, 15) is 13.2 Å². The Morgan fingerprint density at radius 3 is 2.75 bits per heavy atom. The predicted molar refractivity (Wildman–Crippen MR) is 72.2 cm³/mol. The molecule has 0 atom stereocenters. The van der Waals surface area contributed by atoms with Crippen LogP contribution in [0.3, 0.4) is 0 Å². The second-order valence-electron chi connectivity index (χ2n) is 4.70. The highest BCUT2D eigenvalue weighted by Crippen LogP contribution is 2.25. The second kappa shape index (κ2) is 5.90. The number of hydrogen-bond acceptors (Lipinski definition) is 4. The lowest BCUT2D eigenvalue weighted by Crippen LogP contribution is -2.47. The average Bonchev–Trinajstić information content (AvgIpc) is 2.36. The number of benzene rings is 1. The molecule has 1 fully saturated rings. The van der Waals surface area contributed by atoms with Crippen molar-refractivity contribution in [1.29, 1.82) is 0 Å². The van der Waals surface area contributed by atoms with Crippen LogP contribution in [0.15, 0.2) is 29.2 Å². The maximum atomic E-state index is 12.1. The zero-order chi connectivity index (χ0) is 14.8. The average molecular weight is 299 g/mol. The highest BCUT2D eigenvalue weighted by molar-refractivity contribution is 7.89. The van der Waals surface area contributed by atoms with Crippen molar-refractivity contribution in [1.82, 2.24) is 4.72 Å². The molecule has 1 aromatic rings. The fourth-order valence-electron chi connectivity index (χ4n) is 2.12. The third-order valence-corrected chi connectivity index (χ3v) is 4.73. The molecule has 0 spiro atoms. The maximum Gasteiger partial charge on any atom is 0.335 e. The molecule has 0 bridgehead atoms. The molecule has 0 radical (unpaired) electrons. The molecule has 0 saturated heterocycles. The van der Waals surface area contributed by atoms with Crippen LogP contribution in [0.2, 0.25) is 0 Å². The van der Waals surface area contributed by atoms with Crippen LogP contribution in [-0.2, 0) is 14.8 Å². The summed E-state index contributed by atoms with van der Waals surface area (Å²) < 4.78 is 32.2. The Kier molecular flexibility index (Phi) is 4.42. The molecule has 0 amide bonds. The largest absolute Gasteiger partial charge is 0.478 e. The van der Waals surface area contributed by atoms with E-state index in [2.05, 4.69) is 4.72 Å². The summed E-state index contributed by atoms with van der Waals surface area (Å²) in [6.45, 7) is 2.51. The van der Waals surface area contributed by atoms with E-state index in [4.69, 9.17) is 9.84 Å². The second-order valence-corrected chi connectivity index (χ2v) is 6.41. The molecule has 7 heteroatoms. The first kappa shape index (κ1) is 15.0. The molecular formula is C13H17NO5S. The van der Waals surface area contributed by atoms with Crippen LogP contribution >= 0.6 is 0 Å².